The summed E-state index contributed by atoms with van der Waals surface area (Å²) >= 11 is 0. The van der Waals surface area contributed by atoms with Gasteiger partial charge in [-0.05, 0) is 77.0 Å². The van der Waals surface area contributed by atoms with Crippen LogP contribution in [0.1, 0.15) is 322 Å². The Bertz CT molecular complexity index is 1120. The van der Waals surface area contributed by atoms with E-state index in [2.05, 4.69) is 62.5 Å². The Kier molecular flexibility index (Phi) is 57.3. The number of carbonyl (C=O) groups excluding carboxylic acids is 2. The summed E-state index contributed by atoms with van der Waals surface area (Å²) in [4.78, 5) is 24.5. The summed E-state index contributed by atoms with van der Waals surface area (Å²) in [5.74, 6) is -0.580. The smallest absolute Gasteiger partial charge is 0.306 e. The van der Waals surface area contributed by atoms with Crippen molar-refractivity contribution in [2.45, 2.75) is 328 Å². The lowest BCUT2D eigenvalue weighted by Crippen LogP contribution is -2.28. The van der Waals surface area contributed by atoms with Crippen LogP contribution in [0.2, 0.25) is 0 Å². The molecule has 0 aromatic carbocycles. The largest absolute Gasteiger partial charge is 0.462 e. The second-order valence-corrected chi connectivity index (χ2v) is 20.4. The van der Waals surface area contributed by atoms with Crippen molar-refractivity contribution in [2.24, 2.45) is 0 Å². The summed E-state index contributed by atoms with van der Waals surface area (Å²) in [7, 11) is 0. The van der Waals surface area contributed by atoms with E-state index >= 15 is 0 Å². The van der Waals surface area contributed by atoms with Gasteiger partial charge in [-0.3, -0.25) is 9.59 Å². The van der Waals surface area contributed by atoms with Crippen molar-refractivity contribution in [1.82, 2.24) is 0 Å². The first kappa shape index (κ1) is 65.9. The number of hydrogen-bond donors (Lipinski definition) is 1. The Hall–Kier alpha value is -2.14. The predicted octanol–water partition coefficient (Wildman–Crippen LogP) is 20.4. The van der Waals surface area contributed by atoms with E-state index in [-0.39, 0.29) is 25.2 Å². The molecule has 5 heteroatoms. The fourth-order valence-electron chi connectivity index (χ4n) is 9.03. The van der Waals surface area contributed by atoms with Gasteiger partial charge < -0.3 is 14.6 Å². The van der Waals surface area contributed by atoms with Gasteiger partial charge in [0, 0.05) is 12.8 Å². The third-order valence-corrected chi connectivity index (χ3v) is 13.6. The number of ether oxygens (including phenoxy) is 2. The highest BCUT2D eigenvalue weighted by Gasteiger charge is 2.16. The van der Waals surface area contributed by atoms with Gasteiger partial charge in [-0.1, -0.05) is 281 Å². The van der Waals surface area contributed by atoms with E-state index in [4.69, 9.17) is 9.47 Å². The van der Waals surface area contributed by atoms with Crippen molar-refractivity contribution in [3.05, 3.63) is 48.6 Å². The van der Waals surface area contributed by atoms with E-state index in [1.54, 1.807) is 0 Å². The van der Waals surface area contributed by atoms with Crippen molar-refractivity contribution in [3.63, 3.8) is 0 Å². The lowest BCUT2D eigenvalue weighted by atomic mass is 10.0. The molecule has 68 heavy (non-hydrogen) atoms. The number of aliphatic hydroxyl groups is 1. The van der Waals surface area contributed by atoms with Gasteiger partial charge in [-0.2, -0.15) is 0 Å². The van der Waals surface area contributed by atoms with Crippen LogP contribution in [0.4, 0.5) is 0 Å². The molecule has 0 aromatic heterocycles. The average Bonchev–Trinajstić information content (AvgIpc) is 3.34. The van der Waals surface area contributed by atoms with E-state index in [1.165, 1.54) is 244 Å². The molecule has 0 bridgehead atoms. The van der Waals surface area contributed by atoms with Gasteiger partial charge in [0.15, 0.2) is 6.10 Å². The van der Waals surface area contributed by atoms with Crippen molar-refractivity contribution in [2.75, 3.05) is 13.2 Å². The topological polar surface area (TPSA) is 72.8 Å². The Morgan fingerprint density at radius 3 is 0.897 bits per heavy atom. The molecular formula is C63H116O5. The fraction of sp³-hybridized carbons (Fsp3) is 0.841. The number of rotatable bonds is 56. The molecule has 0 amide bonds. The van der Waals surface area contributed by atoms with Crippen molar-refractivity contribution in [3.8, 4) is 0 Å². The summed E-state index contributed by atoms with van der Waals surface area (Å²) < 4.78 is 10.7. The third-order valence-electron chi connectivity index (χ3n) is 13.6. The molecular weight excluding hydrogens is 837 g/mol. The molecule has 0 saturated heterocycles. The van der Waals surface area contributed by atoms with Crippen LogP contribution >= 0.6 is 0 Å². The van der Waals surface area contributed by atoms with Crippen molar-refractivity contribution >= 4 is 11.9 Å². The van der Waals surface area contributed by atoms with E-state index in [1.807, 2.05) is 0 Å². The molecule has 1 unspecified atom stereocenters. The first-order valence-electron chi connectivity index (χ1n) is 30.2. The second-order valence-electron chi connectivity index (χ2n) is 20.4. The molecule has 0 aromatic rings. The predicted molar refractivity (Wildman–Crippen MR) is 297 cm³/mol. The first-order chi connectivity index (χ1) is 33.6. The molecule has 1 atom stereocenters. The quantitative estimate of drug-likeness (QED) is 0.0374. The maximum absolute atomic E-state index is 12.3. The Balaban J connectivity index is 3.41. The molecule has 0 heterocycles. The molecule has 0 saturated carbocycles. The maximum atomic E-state index is 12.3. The van der Waals surface area contributed by atoms with Crippen LogP contribution in [0.5, 0.6) is 0 Å². The lowest BCUT2D eigenvalue weighted by Gasteiger charge is -2.15. The molecule has 0 aliphatic heterocycles. The van der Waals surface area contributed by atoms with Crippen LogP contribution < -0.4 is 0 Å². The van der Waals surface area contributed by atoms with Gasteiger partial charge in [0.25, 0.3) is 0 Å². The van der Waals surface area contributed by atoms with E-state index < -0.39 is 6.10 Å². The van der Waals surface area contributed by atoms with Crippen LogP contribution in [0.15, 0.2) is 48.6 Å². The van der Waals surface area contributed by atoms with E-state index in [0.29, 0.717) is 12.8 Å². The summed E-state index contributed by atoms with van der Waals surface area (Å²) in [5, 5.41) is 9.65. The molecule has 398 valence electrons. The van der Waals surface area contributed by atoms with Gasteiger partial charge in [-0.15, -0.1) is 0 Å². The minimum absolute atomic E-state index is 0.0642. The minimum Gasteiger partial charge on any atom is -0.462 e. The zero-order valence-corrected chi connectivity index (χ0v) is 45.6. The van der Waals surface area contributed by atoms with Crippen LogP contribution in [0, 0.1) is 0 Å². The van der Waals surface area contributed by atoms with Gasteiger partial charge in [0.05, 0.1) is 6.61 Å². The second kappa shape index (κ2) is 59.2. The highest BCUT2D eigenvalue weighted by Crippen LogP contribution is 2.17. The van der Waals surface area contributed by atoms with Crippen molar-refractivity contribution in [1.29, 1.82) is 0 Å². The highest BCUT2D eigenvalue weighted by atomic mass is 16.6. The normalized spacial score (nSPS) is 12.5. The highest BCUT2D eigenvalue weighted by molar-refractivity contribution is 5.70. The maximum Gasteiger partial charge on any atom is 0.306 e. The van der Waals surface area contributed by atoms with Crippen LogP contribution in [0.25, 0.3) is 0 Å². The molecule has 0 aliphatic carbocycles. The Morgan fingerprint density at radius 1 is 0.338 bits per heavy atom. The summed E-state index contributed by atoms with van der Waals surface area (Å²) in [5.41, 5.74) is 0. The Labute approximate surface area is 424 Å². The number of aliphatic hydroxyl groups excluding tert-OH is 1. The standard InChI is InChI=1S/C63H116O5/c1-3-5-7-9-11-13-15-17-19-21-22-23-24-25-26-27-28-29-30-31-32-33-34-35-36-37-38-39-40-42-44-46-48-50-52-54-56-58-63(66)68-61(59-64)60-67-62(65)57-55-53-51-49-47-45-43-41-20-18-16-14-12-10-8-6-4-2/h15,17-18,20-22,24-25,61,64H,3-14,16,19,23,26-60H2,1-2H3/b17-15-,20-18-,22-21-,25-24-. The third kappa shape index (κ3) is 56.4. The average molecular weight is 954 g/mol. The molecule has 0 aliphatic rings. The lowest BCUT2D eigenvalue weighted by molar-refractivity contribution is -0.161. The first-order valence-corrected chi connectivity index (χ1v) is 30.2. The number of unbranched alkanes of at least 4 members (excludes halogenated alkanes) is 40. The molecule has 0 radical (unpaired) electrons. The Morgan fingerprint density at radius 2 is 0.588 bits per heavy atom. The van der Waals surface area contributed by atoms with Crippen LogP contribution in [0.3, 0.4) is 0 Å². The van der Waals surface area contributed by atoms with Crippen molar-refractivity contribution < 1.29 is 24.2 Å². The fourth-order valence-corrected chi connectivity index (χ4v) is 9.03. The zero-order valence-electron chi connectivity index (χ0n) is 45.6. The molecule has 0 spiro atoms. The molecule has 0 rings (SSSR count). The number of allylic oxidation sites excluding steroid dienone is 8. The van der Waals surface area contributed by atoms with Crippen LogP contribution in [-0.2, 0) is 19.1 Å². The van der Waals surface area contributed by atoms with Gasteiger partial charge in [0.1, 0.15) is 6.61 Å². The number of esters is 2. The molecule has 0 fully saturated rings. The summed E-state index contributed by atoms with van der Waals surface area (Å²) in [6, 6.07) is 0. The van der Waals surface area contributed by atoms with E-state index in [9.17, 15) is 14.7 Å². The van der Waals surface area contributed by atoms with Gasteiger partial charge in [0.2, 0.25) is 0 Å². The van der Waals surface area contributed by atoms with Crippen LogP contribution in [-0.4, -0.2) is 36.4 Å². The summed E-state index contributed by atoms with van der Waals surface area (Å²) in [6.07, 6.45) is 78.2. The zero-order chi connectivity index (χ0) is 49.2. The summed E-state index contributed by atoms with van der Waals surface area (Å²) in [6.45, 7) is 4.16. The number of hydrogen-bond acceptors (Lipinski definition) is 5. The van der Waals surface area contributed by atoms with E-state index in [0.717, 1.165) is 51.4 Å². The van der Waals surface area contributed by atoms with Gasteiger partial charge >= 0.3 is 11.9 Å². The van der Waals surface area contributed by atoms with Gasteiger partial charge in [-0.25, -0.2) is 0 Å². The SMILES string of the molecule is CCCCCCC/C=C\C/C=C\C/C=C\CCCCCCCCCCCCCCCCCCCCCCCCC(=O)OC(CO)COC(=O)CCCCCCCCC/C=C\CCCCCCCC. The minimum atomic E-state index is -0.772. The molecule has 1 N–H and O–H groups in total. The molecule has 5 nitrogen and oxygen atoms in total. The number of carbonyl (C=O) groups is 2. The monoisotopic (exact) mass is 953 g/mol.